The van der Waals surface area contributed by atoms with Gasteiger partial charge in [-0.25, -0.2) is 0 Å². The van der Waals surface area contributed by atoms with Gasteiger partial charge in [0.15, 0.2) is 0 Å². The molecule has 1 aromatic rings. The summed E-state index contributed by atoms with van der Waals surface area (Å²) in [6.45, 7) is 6.94. The number of hydrogen-bond acceptors (Lipinski definition) is 2. The van der Waals surface area contributed by atoms with Gasteiger partial charge in [-0.1, -0.05) is 45.7 Å². The molecule has 2 rings (SSSR count). The van der Waals surface area contributed by atoms with Crippen molar-refractivity contribution in [3.8, 4) is 0 Å². The van der Waals surface area contributed by atoms with Crippen LogP contribution in [-0.4, -0.2) is 23.6 Å². The Kier molecular flexibility index (Phi) is 4.84. The lowest BCUT2D eigenvalue weighted by atomic mass is 10.1. The van der Waals surface area contributed by atoms with E-state index in [9.17, 15) is 0 Å². The first-order valence-corrected chi connectivity index (χ1v) is 8.70. The van der Waals surface area contributed by atoms with Crippen LogP contribution in [0.25, 0.3) is 0 Å². The van der Waals surface area contributed by atoms with Crippen molar-refractivity contribution in [3.63, 3.8) is 0 Å². The topological polar surface area (TPSA) is 3.24 Å². The Morgan fingerprint density at radius 1 is 1.29 bits per heavy atom. The Labute approximate surface area is 125 Å². The van der Waals surface area contributed by atoms with E-state index in [-0.39, 0.29) is 0 Å². The third-order valence-electron chi connectivity index (χ3n) is 2.95. The van der Waals surface area contributed by atoms with Crippen molar-refractivity contribution in [1.29, 1.82) is 0 Å². The zero-order valence-corrected chi connectivity index (χ0v) is 14.1. The molecule has 0 amide bonds. The van der Waals surface area contributed by atoms with Gasteiger partial charge in [0, 0.05) is 39.1 Å². The molecule has 1 aliphatic heterocycles. The molecule has 0 bridgehead atoms. The van der Waals surface area contributed by atoms with Crippen molar-refractivity contribution >= 4 is 49.3 Å². The van der Waals surface area contributed by atoms with E-state index in [1.807, 2.05) is 0 Å². The van der Waals surface area contributed by atoms with Crippen LogP contribution >= 0.6 is 43.6 Å². The molecule has 0 aromatic heterocycles. The Bertz CT molecular complexity index is 387. The van der Waals surface area contributed by atoms with Crippen LogP contribution in [-0.2, 0) is 5.33 Å². The van der Waals surface area contributed by atoms with Crippen LogP contribution in [0.2, 0.25) is 0 Å². The molecule has 2 unspecified atom stereocenters. The van der Waals surface area contributed by atoms with Crippen molar-refractivity contribution in [2.24, 2.45) is 0 Å². The summed E-state index contributed by atoms with van der Waals surface area (Å²) in [6.07, 6.45) is 0. The number of hydrogen-bond donors (Lipinski definition) is 0. The number of thioether (sulfide) groups is 1. The maximum Gasteiger partial charge on any atom is 0.0408 e. The largest absolute Gasteiger partial charge is 0.369 e. The summed E-state index contributed by atoms with van der Waals surface area (Å²) in [7, 11) is 0. The van der Waals surface area contributed by atoms with Crippen LogP contribution in [0.5, 0.6) is 0 Å². The van der Waals surface area contributed by atoms with Gasteiger partial charge in [0.2, 0.25) is 0 Å². The van der Waals surface area contributed by atoms with E-state index < -0.39 is 0 Å². The van der Waals surface area contributed by atoms with Crippen molar-refractivity contribution in [1.82, 2.24) is 0 Å². The Morgan fingerprint density at radius 3 is 2.53 bits per heavy atom. The molecular formula is C13H17Br2NS. The first-order chi connectivity index (χ1) is 8.10. The maximum atomic E-state index is 3.59. The predicted octanol–water partition coefficient (Wildman–Crippen LogP) is 4.67. The summed E-state index contributed by atoms with van der Waals surface area (Å²) in [5, 5.41) is 2.34. The molecule has 0 aliphatic carbocycles. The lowest BCUT2D eigenvalue weighted by Crippen LogP contribution is -2.40. The minimum absolute atomic E-state index is 0.713. The summed E-state index contributed by atoms with van der Waals surface area (Å²) >= 11 is 9.22. The van der Waals surface area contributed by atoms with Gasteiger partial charge in [0.25, 0.3) is 0 Å². The van der Waals surface area contributed by atoms with Gasteiger partial charge in [0.1, 0.15) is 0 Å². The fourth-order valence-electron chi connectivity index (χ4n) is 2.34. The quantitative estimate of drug-likeness (QED) is 0.687. The Hall–Kier alpha value is 0.330. The highest BCUT2D eigenvalue weighted by atomic mass is 79.9. The molecule has 1 aromatic carbocycles. The predicted molar refractivity (Wildman–Crippen MR) is 85.5 cm³/mol. The molecule has 0 spiro atoms. The SMILES string of the molecule is CC1CN(c2ccc(Br)cc2CBr)CC(C)S1. The highest BCUT2D eigenvalue weighted by molar-refractivity contribution is 9.10. The average molecular weight is 379 g/mol. The average Bonchev–Trinajstić information content (AvgIpc) is 2.27. The number of alkyl halides is 1. The van der Waals surface area contributed by atoms with Crippen molar-refractivity contribution in [2.75, 3.05) is 18.0 Å². The molecule has 2 atom stereocenters. The van der Waals surface area contributed by atoms with Crippen LogP contribution in [0.3, 0.4) is 0 Å². The highest BCUT2D eigenvalue weighted by Gasteiger charge is 2.23. The normalized spacial score (nSPS) is 25.1. The summed E-state index contributed by atoms with van der Waals surface area (Å²) in [5.41, 5.74) is 2.75. The molecule has 1 heterocycles. The third-order valence-corrected chi connectivity index (χ3v) is 5.27. The van der Waals surface area contributed by atoms with Gasteiger partial charge < -0.3 is 4.90 Å². The van der Waals surface area contributed by atoms with Crippen LogP contribution in [0.4, 0.5) is 5.69 Å². The fourth-order valence-corrected chi connectivity index (χ4v) is 4.53. The Morgan fingerprint density at radius 2 is 1.94 bits per heavy atom. The van der Waals surface area contributed by atoms with Crippen molar-refractivity contribution in [2.45, 2.75) is 29.7 Å². The molecule has 4 heteroatoms. The molecule has 0 radical (unpaired) electrons. The van der Waals surface area contributed by atoms with E-state index >= 15 is 0 Å². The molecular weight excluding hydrogens is 362 g/mol. The van der Waals surface area contributed by atoms with E-state index in [2.05, 4.69) is 80.6 Å². The molecule has 1 saturated heterocycles. The van der Waals surface area contributed by atoms with Crippen LogP contribution in [0.1, 0.15) is 19.4 Å². The van der Waals surface area contributed by atoms with Crippen LogP contribution in [0, 0.1) is 0 Å². The van der Waals surface area contributed by atoms with Crippen LogP contribution in [0.15, 0.2) is 22.7 Å². The van der Waals surface area contributed by atoms with E-state index in [4.69, 9.17) is 0 Å². The Balaban J connectivity index is 2.26. The number of benzene rings is 1. The lowest BCUT2D eigenvalue weighted by molar-refractivity contribution is 0.726. The summed E-state index contributed by atoms with van der Waals surface area (Å²) in [6, 6.07) is 6.58. The highest BCUT2D eigenvalue weighted by Crippen LogP contribution is 2.32. The number of anilines is 1. The van der Waals surface area contributed by atoms with Gasteiger partial charge in [-0.15, -0.1) is 0 Å². The van der Waals surface area contributed by atoms with Gasteiger partial charge in [-0.3, -0.25) is 0 Å². The standard InChI is InChI=1S/C13H17Br2NS/c1-9-7-16(8-10(2)17-9)13-4-3-12(15)5-11(13)6-14/h3-5,9-10H,6-8H2,1-2H3. The molecule has 1 fully saturated rings. The van der Waals surface area contributed by atoms with E-state index in [0.29, 0.717) is 10.5 Å². The molecule has 17 heavy (non-hydrogen) atoms. The molecule has 0 N–H and O–H groups in total. The fraction of sp³-hybridized carbons (Fsp3) is 0.538. The molecule has 0 saturated carbocycles. The lowest BCUT2D eigenvalue weighted by Gasteiger charge is -2.37. The maximum absolute atomic E-state index is 3.59. The van der Waals surface area contributed by atoms with E-state index in [1.165, 1.54) is 11.3 Å². The second kappa shape index (κ2) is 5.98. The van der Waals surface area contributed by atoms with Gasteiger partial charge in [0.05, 0.1) is 0 Å². The molecule has 1 aliphatic rings. The summed E-state index contributed by atoms with van der Waals surface area (Å²) < 4.78 is 1.16. The van der Waals surface area contributed by atoms with Gasteiger partial charge in [-0.2, -0.15) is 11.8 Å². The first kappa shape index (κ1) is 13.8. The van der Waals surface area contributed by atoms with Gasteiger partial charge >= 0.3 is 0 Å². The van der Waals surface area contributed by atoms with Crippen LogP contribution < -0.4 is 4.90 Å². The van der Waals surface area contributed by atoms with E-state index in [1.54, 1.807) is 0 Å². The summed E-state index contributed by atoms with van der Waals surface area (Å²) in [4.78, 5) is 2.52. The van der Waals surface area contributed by atoms with Crippen molar-refractivity contribution < 1.29 is 0 Å². The summed E-state index contributed by atoms with van der Waals surface area (Å²) in [5.74, 6) is 0. The smallest absolute Gasteiger partial charge is 0.0408 e. The number of rotatable bonds is 2. The minimum atomic E-state index is 0.713. The van der Waals surface area contributed by atoms with Crippen molar-refractivity contribution in [3.05, 3.63) is 28.2 Å². The third kappa shape index (κ3) is 3.42. The second-order valence-corrected chi connectivity index (χ2v) is 7.93. The monoisotopic (exact) mass is 377 g/mol. The van der Waals surface area contributed by atoms with Gasteiger partial charge in [-0.05, 0) is 23.8 Å². The first-order valence-electron chi connectivity index (χ1n) is 5.85. The second-order valence-electron chi connectivity index (χ2n) is 4.57. The number of halogens is 2. The van der Waals surface area contributed by atoms with E-state index in [0.717, 1.165) is 22.9 Å². The zero-order valence-electron chi connectivity index (χ0n) is 10.1. The molecule has 94 valence electrons. The molecule has 1 nitrogen and oxygen atoms in total. The number of nitrogens with zero attached hydrogens (tertiary/aromatic N) is 1. The minimum Gasteiger partial charge on any atom is -0.369 e. The zero-order chi connectivity index (χ0) is 12.4.